The summed E-state index contributed by atoms with van der Waals surface area (Å²) < 4.78 is 0. The van der Waals surface area contributed by atoms with Gasteiger partial charge in [0.2, 0.25) is 0 Å². The topological polar surface area (TPSA) is 0 Å². The predicted octanol–water partition coefficient (Wildman–Crippen LogP) is 7.04. The Balaban J connectivity index is 1.66. The van der Waals surface area contributed by atoms with Gasteiger partial charge in [0, 0.05) is 5.41 Å². The third-order valence-corrected chi connectivity index (χ3v) is 6.19. The minimum absolute atomic E-state index is 0.0406. The quantitative estimate of drug-likeness (QED) is 0.472. The van der Waals surface area contributed by atoms with Crippen molar-refractivity contribution in [3.8, 4) is 11.1 Å². The van der Waals surface area contributed by atoms with Crippen molar-refractivity contribution in [3.05, 3.63) is 100 Å². The molecule has 27 heavy (non-hydrogen) atoms. The van der Waals surface area contributed by atoms with E-state index in [1.165, 1.54) is 50.1 Å². The first-order valence-electron chi connectivity index (χ1n) is 9.87. The van der Waals surface area contributed by atoms with Crippen LogP contribution in [0.2, 0.25) is 0 Å². The molecule has 0 N–H and O–H groups in total. The molecule has 4 rings (SSSR count). The highest BCUT2D eigenvalue weighted by molar-refractivity contribution is 5.82. The zero-order chi connectivity index (χ0) is 19.2. The van der Waals surface area contributed by atoms with Gasteiger partial charge >= 0.3 is 0 Å². The van der Waals surface area contributed by atoms with Gasteiger partial charge in [0.15, 0.2) is 0 Å². The van der Waals surface area contributed by atoms with Crippen LogP contribution in [0, 0.1) is 13.8 Å². The van der Waals surface area contributed by atoms with E-state index < -0.39 is 0 Å². The Morgan fingerprint density at radius 2 is 1.52 bits per heavy atom. The molecule has 0 radical (unpaired) electrons. The Morgan fingerprint density at radius 3 is 2.26 bits per heavy atom. The van der Waals surface area contributed by atoms with Crippen molar-refractivity contribution in [3.63, 3.8) is 0 Å². The monoisotopic (exact) mass is 352 g/mol. The molecule has 136 valence electrons. The predicted molar refractivity (Wildman–Crippen MR) is 117 cm³/mol. The van der Waals surface area contributed by atoms with Gasteiger partial charge in [0.05, 0.1) is 0 Å². The molecule has 0 bridgehead atoms. The zero-order valence-electron chi connectivity index (χ0n) is 16.9. The number of benzene rings is 3. The van der Waals surface area contributed by atoms with E-state index in [1.54, 1.807) is 0 Å². The number of fused-ring (bicyclic) bond motifs is 3. The smallest absolute Gasteiger partial charge is 0.0159 e. The molecule has 0 aliphatic heterocycles. The lowest BCUT2D eigenvalue weighted by Gasteiger charge is -2.22. The first kappa shape index (κ1) is 17.8. The zero-order valence-corrected chi connectivity index (χ0v) is 16.9. The van der Waals surface area contributed by atoms with Crippen LogP contribution in [-0.4, -0.2) is 0 Å². The number of aryl methyl sites for hydroxylation is 4. The molecule has 0 unspecified atom stereocenters. The van der Waals surface area contributed by atoms with Gasteiger partial charge in [-0.1, -0.05) is 86.7 Å². The van der Waals surface area contributed by atoms with Crippen LogP contribution in [0.4, 0.5) is 0 Å². The summed E-state index contributed by atoms with van der Waals surface area (Å²) in [6, 6.07) is 20.6. The molecule has 0 fully saturated rings. The molecule has 0 heterocycles. The van der Waals surface area contributed by atoms with Crippen molar-refractivity contribution < 1.29 is 0 Å². The third kappa shape index (κ3) is 3.04. The highest BCUT2D eigenvalue weighted by Gasteiger charge is 2.35. The van der Waals surface area contributed by atoms with Gasteiger partial charge in [-0.05, 0) is 71.2 Å². The molecule has 0 aromatic heterocycles. The minimum Gasteiger partial charge on any atom is -0.0985 e. The third-order valence-electron chi connectivity index (χ3n) is 6.19. The van der Waals surface area contributed by atoms with Crippen LogP contribution in [0.5, 0.6) is 0 Å². The molecule has 3 aromatic carbocycles. The van der Waals surface area contributed by atoms with E-state index >= 15 is 0 Å². The first-order chi connectivity index (χ1) is 12.9. The van der Waals surface area contributed by atoms with Crippen LogP contribution in [0.3, 0.4) is 0 Å². The fraction of sp³-hybridized carbons (Fsp3) is 0.259. The maximum Gasteiger partial charge on any atom is 0.0159 e. The van der Waals surface area contributed by atoms with Gasteiger partial charge in [-0.25, -0.2) is 0 Å². The Bertz CT molecular complexity index is 1030. The molecule has 0 amide bonds. The lowest BCUT2D eigenvalue weighted by Crippen LogP contribution is -2.15. The summed E-state index contributed by atoms with van der Waals surface area (Å²) in [6.07, 6.45) is 4.12. The largest absolute Gasteiger partial charge is 0.0985 e. The standard InChI is InChI=1S/C27H28/c1-6-20-10-13-23-24-14-11-21(17-26(24)27(4,5)25(23)16-20)9-12-22-15-18(2)7-8-19(22)3/h6-8,10-11,13-17H,1,9,12H2,2-5H3. The molecule has 0 saturated heterocycles. The molecular weight excluding hydrogens is 324 g/mol. The molecule has 0 heteroatoms. The van der Waals surface area contributed by atoms with Gasteiger partial charge in [0.1, 0.15) is 0 Å². The second kappa shape index (κ2) is 6.53. The van der Waals surface area contributed by atoms with Gasteiger partial charge in [-0.2, -0.15) is 0 Å². The van der Waals surface area contributed by atoms with E-state index in [9.17, 15) is 0 Å². The maximum absolute atomic E-state index is 3.93. The van der Waals surface area contributed by atoms with Crippen LogP contribution in [0.15, 0.2) is 61.2 Å². The fourth-order valence-electron chi connectivity index (χ4n) is 4.43. The first-order valence-corrected chi connectivity index (χ1v) is 9.87. The number of hydrogen-bond acceptors (Lipinski definition) is 0. The summed E-state index contributed by atoms with van der Waals surface area (Å²) >= 11 is 0. The summed E-state index contributed by atoms with van der Waals surface area (Å²) in [4.78, 5) is 0. The molecule has 0 atom stereocenters. The van der Waals surface area contributed by atoms with E-state index in [2.05, 4.69) is 88.9 Å². The fourth-order valence-corrected chi connectivity index (χ4v) is 4.43. The van der Waals surface area contributed by atoms with Crippen LogP contribution in [-0.2, 0) is 18.3 Å². The Morgan fingerprint density at radius 1 is 0.815 bits per heavy atom. The summed E-state index contributed by atoms with van der Waals surface area (Å²) in [6.45, 7) is 13.0. The molecular formula is C27H28. The SMILES string of the molecule is C=Cc1ccc2c(c1)C(C)(C)c1cc(CCc3cc(C)ccc3C)ccc1-2. The number of hydrogen-bond donors (Lipinski definition) is 0. The van der Waals surface area contributed by atoms with Crippen LogP contribution in [0.25, 0.3) is 17.2 Å². The lowest BCUT2D eigenvalue weighted by molar-refractivity contribution is 0.659. The van der Waals surface area contributed by atoms with Crippen molar-refractivity contribution >= 4 is 6.08 Å². The highest BCUT2D eigenvalue weighted by Crippen LogP contribution is 2.49. The highest BCUT2D eigenvalue weighted by atomic mass is 14.4. The molecule has 1 aliphatic rings. The Kier molecular flexibility index (Phi) is 4.30. The molecule has 0 spiro atoms. The van der Waals surface area contributed by atoms with Gasteiger partial charge in [-0.3, -0.25) is 0 Å². The second-order valence-corrected chi connectivity index (χ2v) is 8.44. The van der Waals surface area contributed by atoms with E-state index in [1.807, 2.05) is 6.08 Å². The van der Waals surface area contributed by atoms with Crippen LogP contribution < -0.4 is 0 Å². The van der Waals surface area contributed by atoms with Crippen LogP contribution in [0.1, 0.15) is 52.8 Å². The Labute approximate surface area is 163 Å². The van der Waals surface area contributed by atoms with Gasteiger partial charge in [-0.15, -0.1) is 0 Å². The van der Waals surface area contributed by atoms with E-state index in [-0.39, 0.29) is 5.41 Å². The van der Waals surface area contributed by atoms with Crippen molar-refractivity contribution in [2.24, 2.45) is 0 Å². The van der Waals surface area contributed by atoms with Gasteiger partial charge in [0.25, 0.3) is 0 Å². The van der Waals surface area contributed by atoms with Crippen molar-refractivity contribution in [1.82, 2.24) is 0 Å². The second-order valence-electron chi connectivity index (χ2n) is 8.44. The summed E-state index contributed by atoms with van der Waals surface area (Å²) in [5.74, 6) is 0. The average molecular weight is 353 g/mol. The molecule has 0 saturated carbocycles. The molecule has 1 aliphatic carbocycles. The summed E-state index contributed by atoms with van der Waals surface area (Å²) in [5, 5.41) is 0. The maximum atomic E-state index is 3.93. The molecule has 0 nitrogen and oxygen atoms in total. The van der Waals surface area contributed by atoms with Crippen LogP contribution >= 0.6 is 0 Å². The Hall–Kier alpha value is -2.60. The van der Waals surface area contributed by atoms with E-state index in [0.29, 0.717) is 0 Å². The van der Waals surface area contributed by atoms with E-state index in [4.69, 9.17) is 0 Å². The number of rotatable bonds is 4. The van der Waals surface area contributed by atoms with Crippen molar-refractivity contribution in [2.45, 2.75) is 46.0 Å². The average Bonchev–Trinajstić information content (AvgIpc) is 2.89. The molecule has 3 aromatic rings. The van der Waals surface area contributed by atoms with Crippen molar-refractivity contribution in [1.29, 1.82) is 0 Å². The summed E-state index contributed by atoms with van der Waals surface area (Å²) in [7, 11) is 0. The minimum atomic E-state index is 0.0406. The lowest BCUT2D eigenvalue weighted by atomic mass is 9.81. The van der Waals surface area contributed by atoms with Gasteiger partial charge < -0.3 is 0 Å². The normalized spacial score (nSPS) is 13.9. The van der Waals surface area contributed by atoms with E-state index in [0.717, 1.165) is 12.8 Å². The summed E-state index contributed by atoms with van der Waals surface area (Å²) in [5.41, 5.74) is 12.5. The van der Waals surface area contributed by atoms with Crippen molar-refractivity contribution in [2.75, 3.05) is 0 Å².